The molecular formula is C15H15Cl2N3O2. The predicted octanol–water partition coefficient (Wildman–Crippen LogP) is 3.56. The molecule has 3 rings (SSSR count). The van der Waals surface area contributed by atoms with Gasteiger partial charge in [-0.2, -0.15) is 0 Å². The van der Waals surface area contributed by atoms with Gasteiger partial charge in [-0.25, -0.2) is 0 Å². The first kappa shape index (κ1) is 15.2. The molecule has 1 amide bonds. The molecule has 0 saturated heterocycles. The molecule has 7 heteroatoms. The summed E-state index contributed by atoms with van der Waals surface area (Å²) >= 11 is 12.2. The monoisotopic (exact) mass is 339 g/mol. The lowest BCUT2D eigenvalue weighted by atomic mass is 10.3. The molecule has 0 unspecified atom stereocenters. The summed E-state index contributed by atoms with van der Waals surface area (Å²) in [4.78, 5) is 24.0. The van der Waals surface area contributed by atoms with Gasteiger partial charge >= 0.3 is 0 Å². The number of carbonyl (C=O) groups is 1. The Labute approximate surface area is 137 Å². The van der Waals surface area contributed by atoms with Crippen molar-refractivity contribution in [2.75, 3.05) is 5.32 Å². The second-order valence-corrected chi connectivity index (χ2v) is 6.03. The number of amides is 1. The molecule has 1 saturated carbocycles. The number of aromatic nitrogens is 2. The highest BCUT2D eigenvalue weighted by Gasteiger charge is 2.31. The van der Waals surface area contributed by atoms with E-state index in [0.717, 1.165) is 12.8 Å². The van der Waals surface area contributed by atoms with Crippen molar-refractivity contribution in [3.05, 3.63) is 50.6 Å². The van der Waals surface area contributed by atoms with Crippen molar-refractivity contribution in [1.29, 1.82) is 0 Å². The summed E-state index contributed by atoms with van der Waals surface area (Å²) in [6.07, 6.45) is 3.60. The molecule has 2 heterocycles. The number of rotatable bonds is 4. The molecule has 0 radical (unpaired) electrons. The van der Waals surface area contributed by atoms with Crippen LogP contribution in [-0.2, 0) is 6.54 Å². The van der Waals surface area contributed by atoms with Crippen LogP contribution < -0.4 is 10.9 Å². The van der Waals surface area contributed by atoms with Crippen LogP contribution >= 0.6 is 23.2 Å². The van der Waals surface area contributed by atoms with Crippen LogP contribution in [-0.4, -0.2) is 15.0 Å². The minimum atomic E-state index is -0.290. The first-order valence-corrected chi connectivity index (χ1v) is 7.85. The van der Waals surface area contributed by atoms with Gasteiger partial charge in [-0.3, -0.25) is 9.59 Å². The Bertz CT molecular complexity index is 791. The largest absolute Gasteiger partial charge is 0.323 e. The Balaban J connectivity index is 1.89. The maximum atomic E-state index is 12.5. The minimum absolute atomic E-state index is 0.104. The van der Waals surface area contributed by atoms with Crippen LogP contribution in [0.4, 0.5) is 5.69 Å². The fourth-order valence-corrected chi connectivity index (χ4v) is 2.86. The molecule has 0 aliphatic heterocycles. The molecule has 116 valence electrons. The van der Waals surface area contributed by atoms with Crippen molar-refractivity contribution in [3.8, 4) is 0 Å². The molecule has 1 N–H and O–H groups in total. The maximum Gasteiger partial charge on any atom is 0.272 e. The van der Waals surface area contributed by atoms with Crippen molar-refractivity contribution in [2.24, 2.45) is 0 Å². The average Bonchev–Trinajstić information content (AvgIpc) is 3.28. The van der Waals surface area contributed by atoms with Gasteiger partial charge in [0.15, 0.2) is 0 Å². The van der Waals surface area contributed by atoms with E-state index in [1.54, 1.807) is 22.9 Å². The SMILES string of the molecule is CCn1cc(NC(=O)c2cc(Cl)c(Cl)n2C2CC2)ccc1=O. The highest BCUT2D eigenvalue weighted by molar-refractivity contribution is 6.42. The quantitative estimate of drug-likeness (QED) is 0.925. The van der Waals surface area contributed by atoms with Crippen LogP contribution in [0.1, 0.15) is 36.3 Å². The first-order valence-electron chi connectivity index (χ1n) is 7.09. The Morgan fingerprint density at radius 2 is 2.09 bits per heavy atom. The summed E-state index contributed by atoms with van der Waals surface area (Å²) < 4.78 is 3.30. The van der Waals surface area contributed by atoms with E-state index in [2.05, 4.69) is 5.32 Å². The van der Waals surface area contributed by atoms with Crippen LogP contribution in [0.15, 0.2) is 29.2 Å². The molecule has 0 atom stereocenters. The van der Waals surface area contributed by atoms with Gasteiger partial charge in [0, 0.05) is 24.8 Å². The summed E-state index contributed by atoms with van der Waals surface area (Å²) in [5.41, 5.74) is 0.891. The van der Waals surface area contributed by atoms with Crippen LogP contribution in [0.3, 0.4) is 0 Å². The lowest BCUT2D eigenvalue weighted by Gasteiger charge is -2.11. The van der Waals surface area contributed by atoms with Crippen molar-refractivity contribution < 1.29 is 4.79 Å². The zero-order valence-corrected chi connectivity index (χ0v) is 13.5. The van der Waals surface area contributed by atoms with Gasteiger partial charge in [0.2, 0.25) is 0 Å². The molecule has 0 spiro atoms. The van der Waals surface area contributed by atoms with E-state index in [9.17, 15) is 9.59 Å². The number of halogens is 2. The van der Waals surface area contributed by atoms with Gasteiger partial charge in [0.05, 0.1) is 10.7 Å². The number of nitrogens with one attached hydrogen (secondary N) is 1. The Kier molecular flexibility index (Phi) is 4.02. The first-order chi connectivity index (χ1) is 10.5. The van der Waals surface area contributed by atoms with Crippen LogP contribution in [0.2, 0.25) is 10.2 Å². The number of hydrogen-bond donors (Lipinski definition) is 1. The van der Waals surface area contributed by atoms with Crippen LogP contribution in [0.25, 0.3) is 0 Å². The van der Waals surface area contributed by atoms with E-state index in [1.165, 1.54) is 10.6 Å². The third-order valence-corrected chi connectivity index (χ3v) is 4.43. The van der Waals surface area contributed by atoms with Gasteiger partial charge in [-0.1, -0.05) is 23.2 Å². The summed E-state index contributed by atoms with van der Waals surface area (Å²) in [6.45, 7) is 2.41. The smallest absolute Gasteiger partial charge is 0.272 e. The Morgan fingerprint density at radius 3 is 2.73 bits per heavy atom. The third kappa shape index (κ3) is 2.78. The van der Waals surface area contributed by atoms with Gasteiger partial charge in [-0.05, 0) is 31.9 Å². The Morgan fingerprint density at radius 1 is 1.36 bits per heavy atom. The molecule has 2 aromatic rings. The maximum absolute atomic E-state index is 12.5. The molecule has 5 nitrogen and oxygen atoms in total. The fourth-order valence-electron chi connectivity index (χ4n) is 2.38. The number of aryl methyl sites for hydroxylation is 1. The zero-order chi connectivity index (χ0) is 15.9. The fraction of sp³-hybridized carbons (Fsp3) is 0.333. The standard InChI is InChI=1S/C15H15Cl2N3O2/c1-2-19-8-9(3-6-13(19)21)18-15(22)12-7-11(16)14(17)20(12)10-4-5-10/h3,6-8,10H,2,4-5H2,1H3,(H,18,22). The second-order valence-electron chi connectivity index (χ2n) is 5.27. The van der Waals surface area contributed by atoms with Crippen molar-refractivity contribution in [3.63, 3.8) is 0 Å². The normalized spacial score (nSPS) is 14.1. The summed E-state index contributed by atoms with van der Waals surface area (Å²) in [7, 11) is 0. The molecule has 1 aliphatic carbocycles. The van der Waals surface area contributed by atoms with E-state index in [1.807, 2.05) is 6.92 Å². The van der Waals surface area contributed by atoms with Crippen molar-refractivity contribution >= 4 is 34.8 Å². The average molecular weight is 340 g/mol. The molecule has 1 fully saturated rings. The third-order valence-electron chi connectivity index (χ3n) is 3.66. The number of anilines is 1. The summed E-state index contributed by atoms with van der Waals surface area (Å²) in [6, 6.07) is 4.83. The zero-order valence-electron chi connectivity index (χ0n) is 12.0. The Hall–Kier alpha value is -1.72. The molecule has 0 aromatic carbocycles. The van der Waals surface area contributed by atoms with E-state index in [4.69, 9.17) is 23.2 Å². The summed E-state index contributed by atoms with van der Waals surface area (Å²) in [5, 5.41) is 3.56. The number of pyridine rings is 1. The summed E-state index contributed by atoms with van der Waals surface area (Å²) in [5.74, 6) is -0.290. The molecule has 2 aromatic heterocycles. The number of hydrogen-bond acceptors (Lipinski definition) is 2. The van der Waals surface area contributed by atoms with Gasteiger partial charge in [0.1, 0.15) is 10.8 Å². The van der Waals surface area contributed by atoms with Gasteiger partial charge < -0.3 is 14.5 Å². The van der Waals surface area contributed by atoms with E-state index < -0.39 is 0 Å². The molecule has 22 heavy (non-hydrogen) atoms. The number of nitrogens with zero attached hydrogens (tertiary/aromatic N) is 2. The topological polar surface area (TPSA) is 56.0 Å². The van der Waals surface area contributed by atoms with E-state index in [0.29, 0.717) is 28.1 Å². The number of carbonyl (C=O) groups excluding carboxylic acids is 1. The molecular weight excluding hydrogens is 325 g/mol. The lowest BCUT2D eigenvalue weighted by molar-refractivity contribution is 0.101. The van der Waals surface area contributed by atoms with E-state index >= 15 is 0 Å². The highest BCUT2D eigenvalue weighted by Crippen LogP contribution is 2.41. The highest BCUT2D eigenvalue weighted by atomic mass is 35.5. The van der Waals surface area contributed by atoms with Crippen LogP contribution in [0, 0.1) is 0 Å². The van der Waals surface area contributed by atoms with Crippen molar-refractivity contribution in [2.45, 2.75) is 32.4 Å². The lowest BCUT2D eigenvalue weighted by Crippen LogP contribution is -2.21. The predicted molar refractivity (Wildman–Crippen MR) is 87.1 cm³/mol. The van der Waals surface area contributed by atoms with E-state index in [-0.39, 0.29) is 17.5 Å². The second kappa shape index (κ2) is 5.82. The minimum Gasteiger partial charge on any atom is -0.323 e. The van der Waals surface area contributed by atoms with Gasteiger partial charge in [-0.15, -0.1) is 0 Å². The van der Waals surface area contributed by atoms with Crippen molar-refractivity contribution in [1.82, 2.24) is 9.13 Å². The molecule has 0 bridgehead atoms. The molecule has 1 aliphatic rings. The van der Waals surface area contributed by atoms with Crippen LogP contribution in [0.5, 0.6) is 0 Å². The van der Waals surface area contributed by atoms with Gasteiger partial charge in [0.25, 0.3) is 11.5 Å².